The van der Waals surface area contributed by atoms with E-state index in [1.165, 1.54) is 29.0 Å². The number of fused-ring (bicyclic) bond motifs is 3. The van der Waals surface area contributed by atoms with Crippen LogP contribution < -0.4 is 10.1 Å². The Hall–Kier alpha value is -2.78. The van der Waals surface area contributed by atoms with Gasteiger partial charge in [0, 0.05) is 23.7 Å². The molecule has 1 fully saturated rings. The van der Waals surface area contributed by atoms with Crippen molar-refractivity contribution >= 4 is 44.7 Å². The molecule has 4 aromatic rings. The second kappa shape index (κ2) is 11.1. The van der Waals surface area contributed by atoms with E-state index in [4.69, 9.17) is 16.3 Å². The van der Waals surface area contributed by atoms with E-state index in [1.807, 2.05) is 24.3 Å². The molecule has 1 aliphatic heterocycles. The number of likely N-dealkylation sites (tertiary alicyclic amines) is 1. The summed E-state index contributed by atoms with van der Waals surface area (Å²) in [6, 6.07) is 11.9. The van der Waals surface area contributed by atoms with Crippen LogP contribution in [-0.2, 0) is 19.4 Å². The topological polar surface area (TPSA) is 70.5 Å². The summed E-state index contributed by atoms with van der Waals surface area (Å²) in [5.74, 6) is 1.71. The summed E-state index contributed by atoms with van der Waals surface area (Å²) >= 11 is 8.30. The number of halogens is 2. The van der Waals surface area contributed by atoms with E-state index in [2.05, 4.69) is 20.2 Å². The molecule has 9 heteroatoms. The van der Waals surface area contributed by atoms with E-state index in [0.717, 1.165) is 72.6 Å². The minimum absolute atomic E-state index is 0.154. The van der Waals surface area contributed by atoms with Gasteiger partial charge in [-0.25, -0.2) is 14.4 Å². The molecule has 0 bridgehead atoms. The standard InChI is InChI=1S/C29H30ClFN4O2S/c30-24-14-21(5-7-25(24)37-16-19-2-1-3-20(31)12-19)34-28-27-23-6-4-18(8-10-35-11-9-22(36)15-35)13-26(23)38-29(27)33-17-32-28/h1-3,5,7,12,14,17-18,22,36H,4,6,8-11,13,15-16H2,(H,32,33,34)/t18?,22-/m1/s1. The van der Waals surface area contributed by atoms with Crippen LogP contribution in [0.4, 0.5) is 15.9 Å². The van der Waals surface area contributed by atoms with Crippen molar-refractivity contribution in [2.45, 2.75) is 44.8 Å². The summed E-state index contributed by atoms with van der Waals surface area (Å²) in [6.07, 6.45) is 6.79. The van der Waals surface area contributed by atoms with E-state index in [0.29, 0.717) is 16.7 Å². The molecule has 0 saturated carbocycles. The number of ether oxygens (including phenoxy) is 1. The van der Waals surface area contributed by atoms with Crippen molar-refractivity contribution in [2.24, 2.45) is 5.92 Å². The van der Waals surface area contributed by atoms with Crippen molar-refractivity contribution in [3.05, 3.63) is 75.6 Å². The van der Waals surface area contributed by atoms with Crippen molar-refractivity contribution in [1.82, 2.24) is 14.9 Å². The molecule has 198 valence electrons. The highest BCUT2D eigenvalue weighted by molar-refractivity contribution is 7.19. The molecule has 2 aromatic heterocycles. The molecular weight excluding hydrogens is 523 g/mol. The second-order valence-electron chi connectivity index (χ2n) is 10.2. The fraction of sp³-hybridized carbons (Fsp3) is 0.379. The normalized spacial score (nSPS) is 19.6. The molecule has 6 nitrogen and oxygen atoms in total. The Morgan fingerprint density at radius 2 is 2.11 bits per heavy atom. The van der Waals surface area contributed by atoms with E-state index in [-0.39, 0.29) is 18.5 Å². The average Bonchev–Trinajstić information content (AvgIpc) is 3.50. The van der Waals surface area contributed by atoms with Crippen LogP contribution in [0.1, 0.15) is 35.3 Å². The number of rotatable bonds is 8. The minimum atomic E-state index is -0.290. The summed E-state index contributed by atoms with van der Waals surface area (Å²) in [4.78, 5) is 14.0. The lowest BCUT2D eigenvalue weighted by Crippen LogP contribution is -2.26. The fourth-order valence-electron chi connectivity index (χ4n) is 5.52. The first-order chi connectivity index (χ1) is 18.5. The van der Waals surface area contributed by atoms with Gasteiger partial charge in [-0.05, 0) is 86.0 Å². The van der Waals surface area contributed by atoms with Crippen LogP contribution >= 0.6 is 22.9 Å². The molecule has 2 N–H and O–H groups in total. The summed E-state index contributed by atoms with van der Waals surface area (Å²) in [7, 11) is 0. The van der Waals surface area contributed by atoms with Crippen LogP contribution in [0.3, 0.4) is 0 Å². The Morgan fingerprint density at radius 1 is 1.18 bits per heavy atom. The number of aliphatic hydroxyl groups is 1. The van der Waals surface area contributed by atoms with E-state index < -0.39 is 0 Å². The third-order valence-electron chi connectivity index (χ3n) is 7.53. The number of nitrogens with one attached hydrogen (secondary N) is 1. The first-order valence-electron chi connectivity index (χ1n) is 13.1. The molecular formula is C29H30ClFN4O2S. The van der Waals surface area contributed by atoms with Gasteiger partial charge < -0.3 is 20.1 Å². The zero-order chi connectivity index (χ0) is 26.1. The molecule has 0 amide bonds. The first kappa shape index (κ1) is 25.5. The van der Waals surface area contributed by atoms with Gasteiger partial charge in [0.2, 0.25) is 0 Å². The van der Waals surface area contributed by atoms with Crippen molar-refractivity contribution in [1.29, 1.82) is 0 Å². The van der Waals surface area contributed by atoms with Crippen LogP contribution in [0.25, 0.3) is 10.2 Å². The van der Waals surface area contributed by atoms with Crippen LogP contribution in [0, 0.1) is 11.7 Å². The second-order valence-corrected chi connectivity index (χ2v) is 11.7. The van der Waals surface area contributed by atoms with Crippen LogP contribution in [-0.4, -0.2) is 45.7 Å². The largest absolute Gasteiger partial charge is 0.487 e. The molecule has 2 aliphatic rings. The first-order valence-corrected chi connectivity index (χ1v) is 14.3. The zero-order valence-corrected chi connectivity index (χ0v) is 22.6. The molecule has 1 saturated heterocycles. The van der Waals surface area contributed by atoms with Gasteiger partial charge in [0.15, 0.2) is 0 Å². The number of aryl methyl sites for hydroxylation is 1. The lowest BCUT2D eigenvalue weighted by Gasteiger charge is -2.25. The number of hydrogen-bond acceptors (Lipinski definition) is 7. The third kappa shape index (κ3) is 5.64. The monoisotopic (exact) mass is 552 g/mol. The summed E-state index contributed by atoms with van der Waals surface area (Å²) in [5.41, 5.74) is 2.92. The number of hydrogen-bond donors (Lipinski definition) is 2. The molecule has 1 aliphatic carbocycles. The Bertz CT molecular complexity index is 1450. The Labute approximate surface area is 230 Å². The van der Waals surface area contributed by atoms with Gasteiger partial charge in [0.1, 0.15) is 35.1 Å². The van der Waals surface area contributed by atoms with Gasteiger partial charge in [-0.3, -0.25) is 0 Å². The number of nitrogens with zero attached hydrogens (tertiary/aromatic N) is 3. The van der Waals surface area contributed by atoms with Gasteiger partial charge in [-0.1, -0.05) is 23.7 Å². The highest BCUT2D eigenvalue weighted by Crippen LogP contribution is 2.41. The van der Waals surface area contributed by atoms with Crippen LogP contribution in [0.15, 0.2) is 48.8 Å². The van der Waals surface area contributed by atoms with Crippen LogP contribution in [0.5, 0.6) is 5.75 Å². The highest BCUT2D eigenvalue weighted by atomic mass is 35.5. The van der Waals surface area contributed by atoms with Gasteiger partial charge >= 0.3 is 0 Å². The van der Waals surface area contributed by atoms with Crippen molar-refractivity contribution in [3.63, 3.8) is 0 Å². The predicted octanol–water partition coefficient (Wildman–Crippen LogP) is 6.37. The van der Waals surface area contributed by atoms with Crippen LogP contribution in [0.2, 0.25) is 5.02 Å². The molecule has 2 aromatic carbocycles. The molecule has 2 atom stereocenters. The molecule has 6 rings (SSSR count). The Kier molecular flexibility index (Phi) is 7.48. The zero-order valence-electron chi connectivity index (χ0n) is 21.0. The number of β-amino-alcohol motifs (C(OH)–C–C–N with tert-alkyl or cyclic N) is 1. The maximum atomic E-state index is 13.4. The fourth-order valence-corrected chi connectivity index (χ4v) is 7.06. The average molecular weight is 553 g/mol. The van der Waals surface area contributed by atoms with Crippen molar-refractivity contribution in [3.8, 4) is 5.75 Å². The maximum Gasteiger partial charge on any atom is 0.142 e. The van der Waals surface area contributed by atoms with Gasteiger partial charge in [-0.2, -0.15) is 0 Å². The maximum absolute atomic E-state index is 13.4. The van der Waals surface area contributed by atoms with E-state index >= 15 is 0 Å². The molecule has 0 radical (unpaired) electrons. The number of aliphatic hydroxyl groups excluding tert-OH is 1. The van der Waals surface area contributed by atoms with Gasteiger partial charge in [0.05, 0.1) is 16.5 Å². The summed E-state index contributed by atoms with van der Waals surface area (Å²) < 4.78 is 19.3. The lowest BCUT2D eigenvalue weighted by molar-refractivity contribution is 0.173. The number of anilines is 2. The molecule has 38 heavy (non-hydrogen) atoms. The third-order valence-corrected chi connectivity index (χ3v) is 8.98. The Morgan fingerprint density at radius 3 is 2.92 bits per heavy atom. The quantitative estimate of drug-likeness (QED) is 0.265. The molecule has 1 unspecified atom stereocenters. The highest BCUT2D eigenvalue weighted by Gasteiger charge is 2.27. The van der Waals surface area contributed by atoms with Crippen molar-refractivity contribution in [2.75, 3.05) is 25.0 Å². The number of thiophene rings is 1. The van der Waals surface area contributed by atoms with Gasteiger partial charge in [-0.15, -0.1) is 11.3 Å². The van der Waals surface area contributed by atoms with Gasteiger partial charge in [0.25, 0.3) is 0 Å². The smallest absolute Gasteiger partial charge is 0.142 e. The SMILES string of the molecule is O[C@@H]1CCN(CCC2CCc3c(sc4ncnc(Nc5ccc(OCc6cccc(F)c6)c(Cl)c5)c34)C2)C1. The number of aromatic nitrogens is 2. The summed E-state index contributed by atoms with van der Waals surface area (Å²) in [6.45, 7) is 3.13. The molecule has 0 spiro atoms. The lowest BCUT2D eigenvalue weighted by atomic mass is 9.85. The number of benzene rings is 2. The van der Waals surface area contributed by atoms with Crippen molar-refractivity contribution < 1.29 is 14.2 Å². The minimum Gasteiger partial charge on any atom is -0.487 e. The van der Waals surface area contributed by atoms with E-state index in [9.17, 15) is 9.50 Å². The Balaban J connectivity index is 1.14. The summed E-state index contributed by atoms with van der Waals surface area (Å²) in [5, 5.41) is 14.8. The van der Waals surface area contributed by atoms with E-state index in [1.54, 1.807) is 23.7 Å². The predicted molar refractivity (Wildman–Crippen MR) is 150 cm³/mol. The molecule has 3 heterocycles.